The van der Waals surface area contributed by atoms with Gasteiger partial charge in [0.05, 0.1) is 24.6 Å². The van der Waals surface area contributed by atoms with Gasteiger partial charge in [0.1, 0.15) is 11.5 Å². The number of aryl methyl sites for hydroxylation is 1. The molecule has 0 aliphatic carbocycles. The molecule has 0 N–H and O–H groups in total. The van der Waals surface area contributed by atoms with Gasteiger partial charge in [0, 0.05) is 12.4 Å². The lowest BCUT2D eigenvalue weighted by atomic mass is 10.1. The van der Waals surface area contributed by atoms with Gasteiger partial charge in [0.15, 0.2) is 0 Å². The fourth-order valence-electron chi connectivity index (χ4n) is 4.60. The monoisotopic (exact) mass is 554 g/mol. The summed E-state index contributed by atoms with van der Waals surface area (Å²) in [6.45, 7) is 8.14. The van der Waals surface area contributed by atoms with Crippen molar-refractivity contribution in [2.45, 2.75) is 97.8 Å². The Hall–Kier alpha value is -3.40. The first-order valence-corrected chi connectivity index (χ1v) is 15.8. The van der Waals surface area contributed by atoms with E-state index in [2.05, 4.69) is 56.1 Å². The fraction of sp³-hybridized carbons (Fsp3) is 0.459. The second kappa shape index (κ2) is 19.6. The molecule has 0 heterocycles. The summed E-state index contributed by atoms with van der Waals surface area (Å²) in [5.74, 6) is 1.84. The molecule has 3 aromatic carbocycles. The number of aliphatic imine (C=N–C) groups is 2. The van der Waals surface area contributed by atoms with E-state index in [0.717, 1.165) is 65.6 Å². The molecule has 0 saturated carbocycles. The van der Waals surface area contributed by atoms with Crippen molar-refractivity contribution in [3.63, 3.8) is 0 Å². The Labute approximate surface area is 248 Å². The Bertz CT molecular complexity index is 1170. The zero-order chi connectivity index (χ0) is 29.0. The number of unbranched alkanes of at least 4 members (excludes halogenated alkanes) is 10. The molecule has 4 heteroatoms. The third-order valence-electron chi connectivity index (χ3n) is 7.19. The first kappa shape index (κ1) is 32.1. The predicted molar refractivity (Wildman–Crippen MR) is 176 cm³/mol. The van der Waals surface area contributed by atoms with Crippen LogP contribution in [0.5, 0.6) is 11.5 Å². The molecule has 0 aromatic heterocycles. The van der Waals surface area contributed by atoms with Crippen LogP contribution in [0.15, 0.2) is 76.7 Å². The Morgan fingerprint density at radius 3 is 1.49 bits per heavy atom. The summed E-state index contributed by atoms with van der Waals surface area (Å²) in [4.78, 5) is 9.37. The maximum absolute atomic E-state index is 5.89. The second-order valence-corrected chi connectivity index (χ2v) is 10.9. The highest BCUT2D eigenvalue weighted by Crippen LogP contribution is 2.24. The van der Waals surface area contributed by atoms with Crippen molar-refractivity contribution >= 4 is 23.8 Å². The fourth-order valence-corrected chi connectivity index (χ4v) is 4.60. The van der Waals surface area contributed by atoms with Crippen LogP contribution in [0.2, 0.25) is 0 Å². The number of ether oxygens (including phenoxy) is 2. The number of rotatable bonds is 20. The third kappa shape index (κ3) is 13.2. The Morgan fingerprint density at radius 1 is 0.537 bits per heavy atom. The zero-order valence-electron chi connectivity index (χ0n) is 25.6. The van der Waals surface area contributed by atoms with Crippen LogP contribution in [0.4, 0.5) is 11.4 Å². The molecule has 3 aromatic rings. The van der Waals surface area contributed by atoms with Crippen LogP contribution in [0, 0.1) is 6.92 Å². The van der Waals surface area contributed by atoms with Crippen LogP contribution in [0.1, 0.15) is 108 Å². The van der Waals surface area contributed by atoms with Gasteiger partial charge >= 0.3 is 0 Å². The zero-order valence-corrected chi connectivity index (χ0v) is 25.6. The quantitative estimate of drug-likeness (QED) is 0.103. The van der Waals surface area contributed by atoms with Crippen molar-refractivity contribution in [2.24, 2.45) is 9.98 Å². The summed E-state index contributed by atoms with van der Waals surface area (Å²) < 4.78 is 11.8. The Morgan fingerprint density at radius 2 is 1.00 bits per heavy atom. The molecule has 0 aliphatic rings. The Balaban J connectivity index is 1.41. The van der Waals surface area contributed by atoms with Crippen molar-refractivity contribution in [3.05, 3.63) is 83.4 Å². The maximum Gasteiger partial charge on any atom is 0.119 e. The molecule has 4 nitrogen and oxygen atoms in total. The topological polar surface area (TPSA) is 43.2 Å². The van der Waals surface area contributed by atoms with E-state index in [-0.39, 0.29) is 0 Å². The van der Waals surface area contributed by atoms with Crippen LogP contribution in [-0.2, 0) is 0 Å². The first-order valence-electron chi connectivity index (χ1n) is 15.8. The van der Waals surface area contributed by atoms with Crippen LogP contribution in [0.25, 0.3) is 0 Å². The number of benzene rings is 3. The summed E-state index contributed by atoms with van der Waals surface area (Å²) in [6, 6.07) is 22.4. The van der Waals surface area contributed by atoms with Crippen molar-refractivity contribution in [1.82, 2.24) is 0 Å². The number of hydrogen-bond acceptors (Lipinski definition) is 4. The van der Waals surface area contributed by atoms with Crippen molar-refractivity contribution in [3.8, 4) is 11.5 Å². The van der Waals surface area contributed by atoms with Crippen LogP contribution in [-0.4, -0.2) is 25.6 Å². The highest BCUT2D eigenvalue weighted by atomic mass is 16.5. The van der Waals surface area contributed by atoms with Gasteiger partial charge < -0.3 is 9.47 Å². The molecule has 0 unspecified atom stereocenters. The van der Waals surface area contributed by atoms with Gasteiger partial charge in [-0.1, -0.05) is 78.1 Å². The van der Waals surface area contributed by atoms with Crippen LogP contribution in [0.3, 0.4) is 0 Å². The van der Waals surface area contributed by atoms with Gasteiger partial charge in [-0.2, -0.15) is 0 Å². The molecular formula is C37H50N2O2. The smallest absolute Gasteiger partial charge is 0.119 e. The summed E-state index contributed by atoms with van der Waals surface area (Å²) in [7, 11) is 0. The van der Waals surface area contributed by atoms with Crippen molar-refractivity contribution < 1.29 is 9.47 Å². The summed E-state index contributed by atoms with van der Waals surface area (Å²) in [5, 5.41) is 0. The van der Waals surface area contributed by atoms with E-state index < -0.39 is 0 Å². The molecule has 0 spiro atoms. The second-order valence-electron chi connectivity index (χ2n) is 10.9. The van der Waals surface area contributed by atoms with E-state index in [1.165, 1.54) is 64.2 Å². The van der Waals surface area contributed by atoms with Crippen molar-refractivity contribution in [1.29, 1.82) is 0 Å². The molecule has 41 heavy (non-hydrogen) atoms. The molecular weight excluding hydrogens is 504 g/mol. The number of nitrogens with zero attached hydrogens (tertiary/aromatic N) is 2. The van der Waals surface area contributed by atoms with Crippen LogP contribution >= 0.6 is 0 Å². The number of hydrogen-bond donors (Lipinski definition) is 0. The minimum absolute atomic E-state index is 0.784. The van der Waals surface area contributed by atoms with Gasteiger partial charge in [0.2, 0.25) is 0 Å². The van der Waals surface area contributed by atoms with Gasteiger partial charge in [0.25, 0.3) is 0 Å². The molecule has 0 radical (unpaired) electrons. The van der Waals surface area contributed by atoms with Gasteiger partial charge in [-0.3, -0.25) is 9.98 Å². The average Bonchev–Trinajstić information content (AvgIpc) is 3.00. The standard InChI is InChI=1S/C37H50N2O2/c1-4-6-8-10-12-14-26-40-35-21-16-32(17-22-35)29-38-34-20-25-37(31(3)28-34)39-30-33-18-23-36(24-19-33)41-27-15-13-11-9-7-5-2/h16-25,28-30H,4-15,26-27H2,1-3H3. The van der Waals surface area contributed by atoms with Gasteiger partial charge in [-0.05, 0) is 103 Å². The molecule has 3 rings (SSSR count). The lowest BCUT2D eigenvalue weighted by Gasteiger charge is -2.06. The largest absolute Gasteiger partial charge is 0.494 e. The first-order chi connectivity index (χ1) is 20.2. The lowest BCUT2D eigenvalue weighted by Crippen LogP contribution is -1.97. The molecule has 0 aliphatic heterocycles. The van der Waals surface area contributed by atoms with Gasteiger partial charge in [-0.25, -0.2) is 0 Å². The third-order valence-corrected chi connectivity index (χ3v) is 7.19. The summed E-state index contributed by atoms with van der Waals surface area (Å²) in [6.07, 6.45) is 19.1. The van der Waals surface area contributed by atoms with E-state index in [1.54, 1.807) is 0 Å². The highest BCUT2D eigenvalue weighted by Gasteiger charge is 2.00. The summed E-state index contributed by atoms with van der Waals surface area (Å²) in [5.41, 5.74) is 5.05. The molecule has 0 saturated heterocycles. The highest BCUT2D eigenvalue weighted by molar-refractivity contribution is 5.84. The van der Waals surface area contributed by atoms with E-state index in [9.17, 15) is 0 Å². The van der Waals surface area contributed by atoms with E-state index in [4.69, 9.17) is 14.5 Å². The Kier molecular flexibility index (Phi) is 15.4. The predicted octanol–water partition coefficient (Wildman–Crippen LogP) is 11.0. The molecule has 0 atom stereocenters. The SMILES string of the molecule is CCCCCCCCOc1ccc(C=Nc2ccc(N=Cc3ccc(OCCCCCCCC)cc3)c(C)c2)cc1. The van der Waals surface area contributed by atoms with E-state index >= 15 is 0 Å². The maximum atomic E-state index is 5.89. The molecule has 0 bridgehead atoms. The minimum atomic E-state index is 0.784. The normalized spacial score (nSPS) is 11.5. The summed E-state index contributed by atoms with van der Waals surface area (Å²) >= 11 is 0. The van der Waals surface area contributed by atoms with Crippen molar-refractivity contribution in [2.75, 3.05) is 13.2 Å². The van der Waals surface area contributed by atoms with E-state index in [1.807, 2.05) is 48.8 Å². The average molecular weight is 555 g/mol. The van der Waals surface area contributed by atoms with Crippen LogP contribution < -0.4 is 9.47 Å². The minimum Gasteiger partial charge on any atom is -0.494 e. The van der Waals surface area contributed by atoms with E-state index in [0.29, 0.717) is 0 Å². The van der Waals surface area contributed by atoms with Gasteiger partial charge in [-0.15, -0.1) is 0 Å². The molecule has 220 valence electrons. The lowest BCUT2D eigenvalue weighted by molar-refractivity contribution is 0.304. The molecule has 0 amide bonds. The molecule has 0 fully saturated rings.